The predicted octanol–water partition coefficient (Wildman–Crippen LogP) is 2.92. The first-order valence-corrected chi connectivity index (χ1v) is 9.04. The maximum atomic E-state index is 12.3. The van der Waals surface area contributed by atoms with Gasteiger partial charge < -0.3 is 19.7 Å². The molecule has 1 amide bonds. The number of amides is 1. The second kappa shape index (κ2) is 8.72. The van der Waals surface area contributed by atoms with E-state index in [2.05, 4.69) is 34.5 Å². The fourth-order valence-corrected chi connectivity index (χ4v) is 2.93. The van der Waals surface area contributed by atoms with Gasteiger partial charge in [-0.2, -0.15) is 0 Å². The summed E-state index contributed by atoms with van der Waals surface area (Å²) in [7, 11) is 0. The summed E-state index contributed by atoms with van der Waals surface area (Å²) in [6.07, 6.45) is -0.538. The molecule has 5 nitrogen and oxygen atoms in total. The van der Waals surface area contributed by atoms with Crippen LogP contribution in [0.15, 0.2) is 48.5 Å². The van der Waals surface area contributed by atoms with Crippen molar-refractivity contribution >= 4 is 11.6 Å². The maximum Gasteiger partial charge on any atom is 0.261 e. The van der Waals surface area contributed by atoms with Gasteiger partial charge in [0.1, 0.15) is 5.75 Å². The predicted molar refractivity (Wildman–Crippen MR) is 103 cm³/mol. The summed E-state index contributed by atoms with van der Waals surface area (Å²) in [5.41, 5.74) is 3.37. The van der Waals surface area contributed by atoms with E-state index < -0.39 is 6.10 Å². The Bertz CT molecular complexity index is 724. The molecule has 2 aromatic carbocycles. The summed E-state index contributed by atoms with van der Waals surface area (Å²) in [4.78, 5) is 14.6. The molecule has 5 heteroatoms. The van der Waals surface area contributed by atoms with Crippen LogP contribution in [0.1, 0.15) is 18.1 Å². The van der Waals surface area contributed by atoms with Gasteiger partial charge in [-0.25, -0.2) is 0 Å². The fourth-order valence-electron chi connectivity index (χ4n) is 2.93. The molecule has 1 atom stereocenters. The van der Waals surface area contributed by atoms with Crippen molar-refractivity contribution in [1.29, 1.82) is 0 Å². The molecule has 1 heterocycles. The molecular formula is C21H26N2O3. The standard InChI is InChI=1S/C21H26N2O3/c1-16-4-3-5-20(14-16)26-17(2)21(24)22-15-18-6-8-19(9-7-18)23-10-12-25-13-11-23/h3-9,14,17H,10-13,15H2,1-2H3,(H,22,24). The lowest BCUT2D eigenvalue weighted by atomic mass is 10.2. The van der Waals surface area contributed by atoms with Crippen molar-refractivity contribution < 1.29 is 14.3 Å². The lowest BCUT2D eigenvalue weighted by molar-refractivity contribution is -0.127. The molecule has 0 radical (unpaired) electrons. The lowest BCUT2D eigenvalue weighted by Gasteiger charge is -2.28. The molecule has 1 saturated heterocycles. The van der Waals surface area contributed by atoms with Crippen LogP contribution in [-0.4, -0.2) is 38.3 Å². The van der Waals surface area contributed by atoms with Crippen LogP contribution in [0, 0.1) is 6.92 Å². The van der Waals surface area contributed by atoms with E-state index in [0.717, 1.165) is 37.4 Å². The summed E-state index contributed by atoms with van der Waals surface area (Å²) in [6, 6.07) is 16.0. The molecule has 1 N–H and O–H groups in total. The van der Waals surface area contributed by atoms with E-state index in [-0.39, 0.29) is 5.91 Å². The van der Waals surface area contributed by atoms with Gasteiger partial charge in [0.2, 0.25) is 0 Å². The van der Waals surface area contributed by atoms with Gasteiger partial charge in [-0.05, 0) is 49.2 Å². The van der Waals surface area contributed by atoms with Crippen molar-refractivity contribution in [2.75, 3.05) is 31.2 Å². The summed E-state index contributed by atoms with van der Waals surface area (Å²) in [5.74, 6) is 0.589. The number of rotatable bonds is 6. The van der Waals surface area contributed by atoms with Gasteiger partial charge in [0.25, 0.3) is 5.91 Å². The molecule has 1 aliphatic rings. The number of morpholine rings is 1. The van der Waals surface area contributed by atoms with Crippen molar-refractivity contribution in [2.24, 2.45) is 0 Å². The normalized spacial score (nSPS) is 15.4. The Morgan fingerprint density at radius 2 is 1.92 bits per heavy atom. The van der Waals surface area contributed by atoms with E-state index >= 15 is 0 Å². The van der Waals surface area contributed by atoms with Crippen LogP contribution in [-0.2, 0) is 16.1 Å². The first-order valence-electron chi connectivity index (χ1n) is 9.04. The largest absolute Gasteiger partial charge is 0.481 e. The van der Waals surface area contributed by atoms with Crippen LogP contribution in [0.5, 0.6) is 5.75 Å². The molecule has 138 valence electrons. The van der Waals surface area contributed by atoms with Crippen molar-refractivity contribution in [3.8, 4) is 5.75 Å². The molecule has 0 saturated carbocycles. The van der Waals surface area contributed by atoms with E-state index in [9.17, 15) is 4.79 Å². The van der Waals surface area contributed by atoms with Crippen LogP contribution in [0.2, 0.25) is 0 Å². The molecular weight excluding hydrogens is 328 g/mol. The summed E-state index contributed by atoms with van der Waals surface area (Å²) >= 11 is 0. The van der Waals surface area contributed by atoms with Gasteiger partial charge in [0.15, 0.2) is 6.10 Å². The molecule has 26 heavy (non-hydrogen) atoms. The van der Waals surface area contributed by atoms with Crippen LogP contribution >= 0.6 is 0 Å². The molecule has 0 aliphatic carbocycles. The van der Waals surface area contributed by atoms with Crippen LogP contribution in [0.4, 0.5) is 5.69 Å². The third kappa shape index (κ3) is 4.99. The first-order chi connectivity index (χ1) is 12.6. The highest BCUT2D eigenvalue weighted by Crippen LogP contribution is 2.17. The van der Waals surface area contributed by atoms with Gasteiger partial charge in [-0.15, -0.1) is 0 Å². The summed E-state index contributed by atoms with van der Waals surface area (Å²) in [5, 5.41) is 2.94. The van der Waals surface area contributed by atoms with E-state index in [1.165, 1.54) is 5.69 Å². The molecule has 1 unspecified atom stereocenters. The minimum atomic E-state index is -0.538. The molecule has 2 aromatic rings. The highest BCUT2D eigenvalue weighted by atomic mass is 16.5. The van der Waals surface area contributed by atoms with Crippen molar-refractivity contribution in [1.82, 2.24) is 5.32 Å². The Morgan fingerprint density at radius 1 is 1.19 bits per heavy atom. The number of nitrogens with zero attached hydrogens (tertiary/aromatic N) is 1. The average Bonchev–Trinajstić information content (AvgIpc) is 2.67. The van der Waals surface area contributed by atoms with Gasteiger partial charge in [0, 0.05) is 25.3 Å². The number of hydrogen-bond donors (Lipinski definition) is 1. The second-order valence-electron chi connectivity index (χ2n) is 6.56. The number of ether oxygens (including phenoxy) is 2. The minimum Gasteiger partial charge on any atom is -0.481 e. The molecule has 1 fully saturated rings. The van der Waals surface area contributed by atoms with E-state index in [0.29, 0.717) is 12.3 Å². The Morgan fingerprint density at radius 3 is 2.62 bits per heavy atom. The second-order valence-corrected chi connectivity index (χ2v) is 6.56. The first kappa shape index (κ1) is 18.3. The topological polar surface area (TPSA) is 50.8 Å². The Labute approximate surface area is 154 Å². The van der Waals surface area contributed by atoms with Gasteiger partial charge in [-0.3, -0.25) is 4.79 Å². The summed E-state index contributed by atoms with van der Waals surface area (Å²) in [6.45, 7) is 7.64. The number of aryl methyl sites for hydroxylation is 1. The molecule has 3 rings (SSSR count). The third-order valence-corrected chi connectivity index (χ3v) is 4.45. The van der Waals surface area contributed by atoms with Crippen LogP contribution in [0.25, 0.3) is 0 Å². The number of carbonyl (C=O) groups is 1. The quantitative estimate of drug-likeness (QED) is 0.867. The van der Waals surface area contributed by atoms with Gasteiger partial charge in [0.05, 0.1) is 13.2 Å². The number of benzene rings is 2. The van der Waals surface area contributed by atoms with Gasteiger partial charge in [-0.1, -0.05) is 24.3 Å². The van der Waals surface area contributed by atoms with Gasteiger partial charge >= 0.3 is 0 Å². The molecule has 1 aliphatic heterocycles. The van der Waals surface area contributed by atoms with E-state index in [1.54, 1.807) is 6.92 Å². The number of carbonyl (C=O) groups excluding carboxylic acids is 1. The monoisotopic (exact) mass is 354 g/mol. The fraction of sp³-hybridized carbons (Fsp3) is 0.381. The molecule has 0 aromatic heterocycles. The smallest absolute Gasteiger partial charge is 0.261 e. The highest BCUT2D eigenvalue weighted by molar-refractivity contribution is 5.80. The van der Waals surface area contributed by atoms with Crippen LogP contribution in [0.3, 0.4) is 0 Å². The zero-order chi connectivity index (χ0) is 18.4. The van der Waals surface area contributed by atoms with Crippen LogP contribution < -0.4 is 15.0 Å². The number of anilines is 1. The zero-order valence-electron chi connectivity index (χ0n) is 15.4. The SMILES string of the molecule is Cc1cccc(OC(C)C(=O)NCc2ccc(N3CCOCC3)cc2)c1. The van der Waals surface area contributed by atoms with Crippen molar-refractivity contribution in [3.05, 3.63) is 59.7 Å². The minimum absolute atomic E-state index is 0.122. The van der Waals surface area contributed by atoms with Crippen molar-refractivity contribution in [2.45, 2.75) is 26.5 Å². The average molecular weight is 354 g/mol. The van der Waals surface area contributed by atoms with E-state index in [4.69, 9.17) is 9.47 Å². The Kier molecular flexibility index (Phi) is 6.12. The Hall–Kier alpha value is -2.53. The summed E-state index contributed by atoms with van der Waals surface area (Å²) < 4.78 is 11.1. The zero-order valence-corrected chi connectivity index (χ0v) is 15.4. The molecule has 0 spiro atoms. The van der Waals surface area contributed by atoms with E-state index in [1.807, 2.05) is 31.2 Å². The van der Waals surface area contributed by atoms with Crippen molar-refractivity contribution in [3.63, 3.8) is 0 Å². The maximum absolute atomic E-state index is 12.3. The third-order valence-electron chi connectivity index (χ3n) is 4.45. The Balaban J connectivity index is 1.49. The lowest BCUT2D eigenvalue weighted by Crippen LogP contribution is -2.36. The highest BCUT2D eigenvalue weighted by Gasteiger charge is 2.15. The molecule has 0 bridgehead atoms. The number of hydrogen-bond acceptors (Lipinski definition) is 4. The number of nitrogens with one attached hydrogen (secondary N) is 1.